The highest BCUT2D eigenvalue weighted by molar-refractivity contribution is 9.10. The minimum atomic E-state index is 0.449. The molecule has 0 unspecified atom stereocenters. The number of rotatable bonds is 6. The third-order valence-electron chi connectivity index (χ3n) is 8.55. The molecular weight excluding hydrogens is 444 g/mol. The van der Waals surface area contributed by atoms with Crippen LogP contribution < -0.4 is 5.73 Å². The third kappa shape index (κ3) is 3.49. The van der Waals surface area contributed by atoms with Crippen LogP contribution in [0.3, 0.4) is 0 Å². The fourth-order valence-electron chi connectivity index (χ4n) is 7.64. The molecule has 3 aromatic rings. The number of aromatic amines is 1. The highest BCUT2D eigenvalue weighted by Crippen LogP contribution is 2.61. The molecule has 2 nitrogen and oxygen atoms in total. The number of unbranched alkanes of at least 4 members (excludes halogenated alkanes) is 1. The molecule has 0 atom stereocenters. The Hall–Kier alpha value is -1.58. The molecule has 3 N–H and O–H groups in total. The molecule has 7 rings (SSSR count). The van der Waals surface area contributed by atoms with Gasteiger partial charge in [0.05, 0.1) is 0 Å². The minimum absolute atomic E-state index is 0.449. The van der Waals surface area contributed by atoms with Crippen LogP contribution in [-0.4, -0.2) is 11.5 Å². The Bertz CT molecular complexity index is 1080. The molecule has 0 saturated heterocycles. The van der Waals surface area contributed by atoms with E-state index in [-0.39, 0.29) is 0 Å². The Labute approximate surface area is 194 Å². The Kier molecular flexibility index (Phi) is 5.03. The Morgan fingerprint density at radius 3 is 2.35 bits per heavy atom. The smallest absolute Gasteiger partial charge is 0.0497 e. The van der Waals surface area contributed by atoms with Crippen molar-refractivity contribution in [2.45, 2.75) is 63.2 Å². The first-order valence-electron chi connectivity index (χ1n) is 12.2. The van der Waals surface area contributed by atoms with Crippen molar-refractivity contribution in [3.63, 3.8) is 0 Å². The molecule has 0 spiro atoms. The molecule has 2 aromatic carbocycles. The summed E-state index contributed by atoms with van der Waals surface area (Å²) in [6, 6.07) is 16.1. The zero-order valence-corrected chi connectivity index (χ0v) is 19.9. The Morgan fingerprint density at radius 1 is 0.935 bits per heavy atom. The monoisotopic (exact) mass is 476 g/mol. The summed E-state index contributed by atoms with van der Waals surface area (Å²) in [5.41, 5.74) is 13.2. The number of H-pyrrole nitrogens is 1. The molecule has 0 aliphatic heterocycles. The number of hydrogen-bond acceptors (Lipinski definition) is 1. The minimum Gasteiger partial charge on any atom is -0.354 e. The van der Waals surface area contributed by atoms with Gasteiger partial charge in [-0.1, -0.05) is 34.1 Å². The largest absolute Gasteiger partial charge is 0.354 e. The summed E-state index contributed by atoms with van der Waals surface area (Å²) in [7, 11) is 0. The number of fused-ring (bicyclic) bond motifs is 1. The van der Waals surface area contributed by atoms with Crippen LogP contribution in [0.4, 0.5) is 0 Å². The average molecular weight is 477 g/mol. The number of nitrogens with two attached hydrogens (primary N) is 1. The van der Waals surface area contributed by atoms with Crippen molar-refractivity contribution in [2.24, 2.45) is 23.5 Å². The highest BCUT2D eigenvalue weighted by Gasteiger charge is 2.51. The molecule has 1 aromatic heterocycles. The van der Waals surface area contributed by atoms with Crippen molar-refractivity contribution >= 4 is 26.8 Å². The Morgan fingerprint density at radius 2 is 1.68 bits per heavy atom. The summed E-state index contributed by atoms with van der Waals surface area (Å²) in [6.45, 7) is 0.771. The normalized spacial score (nSPS) is 29.2. The van der Waals surface area contributed by atoms with E-state index in [4.69, 9.17) is 5.73 Å². The van der Waals surface area contributed by atoms with Gasteiger partial charge in [0.2, 0.25) is 0 Å². The quantitative estimate of drug-likeness (QED) is 0.358. The maximum atomic E-state index is 5.83. The lowest BCUT2D eigenvalue weighted by Gasteiger charge is -2.57. The number of nitrogens with one attached hydrogen (secondary N) is 1. The van der Waals surface area contributed by atoms with Gasteiger partial charge in [-0.3, -0.25) is 0 Å². The second kappa shape index (κ2) is 7.78. The van der Waals surface area contributed by atoms with Crippen molar-refractivity contribution in [3.05, 3.63) is 58.1 Å². The molecule has 162 valence electrons. The van der Waals surface area contributed by atoms with Crippen molar-refractivity contribution in [3.8, 4) is 11.3 Å². The fourth-order valence-corrected chi connectivity index (χ4v) is 8.04. The third-order valence-corrected chi connectivity index (χ3v) is 9.04. The maximum Gasteiger partial charge on any atom is 0.0497 e. The van der Waals surface area contributed by atoms with Gasteiger partial charge in [-0.15, -0.1) is 0 Å². The molecule has 4 aliphatic rings. The summed E-state index contributed by atoms with van der Waals surface area (Å²) < 4.78 is 1.13. The lowest BCUT2D eigenvalue weighted by atomic mass is 9.48. The summed E-state index contributed by atoms with van der Waals surface area (Å²) >= 11 is 3.66. The van der Waals surface area contributed by atoms with Crippen LogP contribution in [0, 0.1) is 17.8 Å². The SMILES string of the molecule is NCCCCc1c(-c2cccc(Br)c2)[nH]c2ccc(C34CC5CC(CC(C5)C3)C4)cc12. The first-order valence-corrected chi connectivity index (χ1v) is 13.0. The van der Waals surface area contributed by atoms with Crippen molar-refractivity contribution < 1.29 is 0 Å². The van der Waals surface area contributed by atoms with Crippen LogP contribution in [0.2, 0.25) is 0 Å². The van der Waals surface area contributed by atoms with Gasteiger partial charge in [0.25, 0.3) is 0 Å². The molecule has 0 radical (unpaired) electrons. The zero-order chi connectivity index (χ0) is 21.0. The van der Waals surface area contributed by atoms with Crippen molar-refractivity contribution in [2.75, 3.05) is 6.54 Å². The molecule has 31 heavy (non-hydrogen) atoms. The van der Waals surface area contributed by atoms with Gasteiger partial charge in [-0.25, -0.2) is 0 Å². The van der Waals surface area contributed by atoms with E-state index in [0.29, 0.717) is 5.41 Å². The number of hydrogen-bond donors (Lipinski definition) is 2. The topological polar surface area (TPSA) is 41.8 Å². The molecule has 1 heterocycles. The van der Waals surface area contributed by atoms with Gasteiger partial charge < -0.3 is 10.7 Å². The number of aryl methyl sites for hydroxylation is 1. The average Bonchev–Trinajstić information content (AvgIpc) is 3.11. The number of benzene rings is 2. The van der Waals surface area contributed by atoms with Crippen molar-refractivity contribution in [1.82, 2.24) is 4.98 Å². The summed E-state index contributed by atoms with van der Waals surface area (Å²) in [4.78, 5) is 3.78. The van der Waals surface area contributed by atoms with E-state index in [0.717, 1.165) is 48.0 Å². The van der Waals surface area contributed by atoms with E-state index in [9.17, 15) is 0 Å². The zero-order valence-electron chi connectivity index (χ0n) is 18.3. The lowest BCUT2D eigenvalue weighted by Crippen LogP contribution is -2.48. The summed E-state index contributed by atoms with van der Waals surface area (Å²) in [5.74, 6) is 2.94. The van der Waals surface area contributed by atoms with E-state index in [1.807, 2.05) is 0 Å². The van der Waals surface area contributed by atoms with E-state index < -0.39 is 0 Å². The maximum absolute atomic E-state index is 5.83. The molecule has 0 amide bonds. The van der Waals surface area contributed by atoms with Gasteiger partial charge in [0.15, 0.2) is 0 Å². The number of halogens is 1. The highest BCUT2D eigenvalue weighted by atomic mass is 79.9. The van der Waals surface area contributed by atoms with Crippen LogP contribution in [0.15, 0.2) is 46.9 Å². The first-order chi connectivity index (χ1) is 15.1. The van der Waals surface area contributed by atoms with Crippen LogP contribution in [0.5, 0.6) is 0 Å². The number of aromatic nitrogens is 1. The first kappa shape index (κ1) is 20.1. The van der Waals surface area contributed by atoms with Crippen LogP contribution in [0.1, 0.15) is 62.5 Å². The van der Waals surface area contributed by atoms with Crippen LogP contribution in [0.25, 0.3) is 22.2 Å². The van der Waals surface area contributed by atoms with Gasteiger partial charge in [-0.05, 0) is 128 Å². The van der Waals surface area contributed by atoms with Crippen molar-refractivity contribution in [1.29, 1.82) is 0 Å². The fraction of sp³-hybridized carbons (Fsp3) is 0.500. The molecule has 4 fully saturated rings. The second-order valence-electron chi connectivity index (χ2n) is 10.7. The van der Waals surface area contributed by atoms with Gasteiger partial charge >= 0.3 is 0 Å². The summed E-state index contributed by atoms with van der Waals surface area (Å²) in [5, 5.41) is 1.44. The van der Waals surface area contributed by atoms with E-state index in [1.54, 1.807) is 5.56 Å². The van der Waals surface area contributed by atoms with E-state index in [2.05, 4.69) is 63.4 Å². The van der Waals surface area contributed by atoms with Gasteiger partial charge in [0, 0.05) is 21.1 Å². The van der Waals surface area contributed by atoms with Crippen LogP contribution >= 0.6 is 15.9 Å². The van der Waals surface area contributed by atoms with Gasteiger partial charge in [0.1, 0.15) is 0 Å². The molecule has 3 heteroatoms. The van der Waals surface area contributed by atoms with E-state index >= 15 is 0 Å². The lowest BCUT2D eigenvalue weighted by molar-refractivity contribution is -0.00513. The molecular formula is C28H33BrN2. The van der Waals surface area contributed by atoms with Crippen LogP contribution in [-0.2, 0) is 11.8 Å². The predicted molar refractivity (Wildman–Crippen MR) is 133 cm³/mol. The molecule has 4 bridgehead atoms. The van der Waals surface area contributed by atoms with E-state index in [1.165, 1.54) is 66.2 Å². The molecule has 4 saturated carbocycles. The van der Waals surface area contributed by atoms with Gasteiger partial charge in [-0.2, -0.15) is 0 Å². The second-order valence-corrected chi connectivity index (χ2v) is 11.6. The predicted octanol–water partition coefficient (Wildman–Crippen LogP) is 7.35. The Balaban J connectivity index is 1.45. The standard InChI is InChI=1S/C28H33BrN2/c29-23-5-3-4-21(13-23)27-24(6-1-2-9-30)25-14-22(7-8-26(25)31-27)28-15-18-10-19(16-28)12-20(11-18)17-28/h3-5,7-8,13-14,18-20,31H,1-2,6,9-12,15-17,30H2. The summed E-state index contributed by atoms with van der Waals surface area (Å²) in [6.07, 6.45) is 12.1. The molecule has 4 aliphatic carbocycles.